The molecule has 12 heteroatoms. The van der Waals surface area contributed by atoms with Crippen molar-refractivity contribution >= 4 is 37.0 Å². The van der Waals surface area contributed by atoms with E-state index in [-0.39, 0.29) is 11.1 Å². The molecule has 3 atom stereocenters. The molecule has 0 aliphatic rings. The summed E-state index contributed by atoms with van der Waals surface area (Å²) in [6.45, 7) is 0.498. The highest BCUT2D eigenvalue weighted by Gasteiger charge is 2.34. The Bertz CT molecular complexity index is 790. The van der Waals surface area contributed by atoms with Gasteiger partial charge in [0.15, 0.2) is 0 Å². The maximum atomic E-state index is 12.4. The van der Waals surface area contributed by atoms with Crippen molar-refractivity contribution < 1.29 is 42.7 Å². The number of likely N-dealkylation sites (N-methyl/N-ethyl adjacent to an activating group) is 1. The van der Waals surface area contributed by atoms with Crippen molar-refractivity contribution in [1.82, 2.24) is 0 Å². The summed E-state index contributed by atoms with van der Waals surface area (Å²) in [6, 6.07) is 5.06. The van der Waals surface area contributed by atoms with E-state index in [0.29, 0.717) is 28.8 Å². The van der Waals surface area contributed by atoms with Gasteiger partial charge in [-0.1, -0.05) is 48.9 Å². The summed E-state index contributed by atoms with van der Waals surface area (Å²) >= 11 is 12.0. The first-order valence-electron chi connectivity index (χ1n) is 10.7. The summed E-state index contributed by atoms with van der Waals surface area (Å²) in [5, 5.41) is 22.4. The molecular weight excluding hydrogens is 496 g/mol. The molecule has 1 aromatic rings. The van der Waals surface area contributed by atoms with Gasteiger partial charge in [-0.05, 0) is 25.0 Å². The number of carboxylic acids is 1. The average molecular weight is 530 g/mol. The summed E-state index contributed by atoms with van der Waals surface area (Å²) in [5.41, 5.74) is 0. The smallest absolute Gasteiger partial charge is 0.472 e. The van der Waals surface area contributed by atoms with Crippen LogP contribution in [0.2, 0.25) is 10.0 Å². The Labute approximate surface area is 205 Å². The first kappa shape index (κ1) is 30.1. The van der Waals surface area contributed by atoms with Crippen molar-refractivity contribution in [3.63, 3.8) is 0 Å². The molecule has 2 unspecified atom stereocenters. The molecule has 0 aromatic heterocycles. The van der Waals surface area contributed by atoms with Crippen LogP contribution in [0.4, 0.5) is 0 Å². The molecule has 0 amide bonds. The largest absolute Gasteiger partial charge is 0.804 e. The maximum absolute atomic E-state index is 12.4. The van der Waals surface area contributed by atoms with Gasteiger partial charge in [0, 0.05) is 17.3 Å². The zero-order chi connectivity index (χ0) is 25.1. The van der Waals surface area contributed by atoms with E-state index >= 15 is 0 Å². The van der Waals surface area contributed by atoms with Gasteiger partial charge in [-0.25, -0.2) is 4.57 Å². The number of benzene rings is 1. The first-order chi connectivity index (χ1) is 15.3. The first-order valence-corrected chi connectivity index (χ1v) is 13.0. The van der Waals surface area contributed by atoms with Gasteiger partial charge in [0.2, 0.25) is 0 Å². The van der Waals surface area contributed by atoms with Gasteiger partial charge in [-0.15, -0.1) is 0 Å². The highest BCUT2D eigenvalue weighted by atomic mass is 35.5. The Morgan fingerprint density at radius 3 is 2.24 bits per heavy atom. The molecule has 0 aliphatic heterocycles. The minimum absolute atomic E-state index is 0.0299. The number of nitrogens with zero attached hydrogens (tertiary/aromatic N) is 1. The van der Waals surface area contributed by atoms with Gasteiger partial charge >= 0.3 is 13.8 Å². The minimum Gasteiger partial charge on any atom is -0.804 e. The molecule has 0 saturated heterocycles. The molecule has 1 aromatic carbocycles. The number of phosphoric acid groups is 1. The van der Waals surface area contributed by atoms with Gasteiger partial charge in [0.25, 0.3) is 0 Å². The standard InChI is InChI=1S/C21H34Cl2NO8P/c1-24(2,3)21(27)19(15-20(25)26)32-33(28,29)31-13-9-7-5-4-6-8-12-30-18-14-16(22)10-11-17(18)23/h10-11,14,19,21H,4-9,12-13,15H2,1-3H3,(H,25,26)(H,28,29)/t19-,21?/m1/s1. The molecule has 1 rings (SSSR count). The fourth-order valence-corrected chi connectivity index (χ4v) is 4.20. The van der Waals surface area contributed by atoms with Gasteiger partial charge in [0.1, 0.15) is 11.9 Å². The Balaban J connectivity index is 2.22. The quantitative estimate of drug-likeness (QED) is 0.134. The van der Waals surface area contributed by atoms with E-state index in [1.54, 1.807) is 39.3 Å². The number of rotatable bonds is 17. The third kappa shape index (κ3) is 12.9. The van der Waals surface area contributed by atoms with E-state index in [1.807, 2.05) is 0 Å². The molecule has 33 heavy (non-hydrogen) atoms. The molecular formula is C21H34Cl2NO8P. The van der Waals surface area contributed by atoms with Crippen molar-refractivity contribution in [2.75, 3.05) is 34.4 Å². The maximum Gasteiger partial charge on any atom is 0.472 e. The molecule has 0 aliphatic carbocycles. The third-order valence-electron chi connectivity index (χ3n) is 4.67. The van der Waals surface area contributed by atoms with Gasteiger partial charge < -0.3 is 24.3 Å². The molecule has 9 nitrogen and oxygen atoms in total. The highest BCUT2D eigenvalue weighted by molar-refractivity contribution is 7.47. The van der Waals surface area contributed by atoms with Crippen LogP contribution >= 0.6 is 31.0 Å². The van der Waals surface area contributed by atoms with E-state index in [1.165, 1.54) is 0 Å². The molecule has 0 saturated carbocycles. The second-order valence-corrected chi connectivity index (χ2v) is 10.8. The molecule has 0 radical (unpaired) electrons. The molecule has 2 N–H and O–H groups in total. The summed E-state index contributed by atoms with van der Waals surface area (Å²) in [5.74, 6) is -0.734. The number of hydrogen-bond acceptors (Lipinski definition) is 6. The lowest BCUT2D eigenvalue weighted by atomic mass is 10.1. The summed E-state index contributed by atoms with van der Waals surface area (Å²) in [7, 11) is 0.114. The van der Waals surface area contributed by atoms with Gasteiger partial charge in [0.05, 0.1) is 45.8 Å². The topological polar surface area (TPSA) is 125 Å². The van der Waals surface area contributed by atoms with E-state index in [9.17, 15) is 19.4 Å². The van der Waals surface area contributed by atoms with Crippen LogP contribution in [0.15, 0.2) is 18.2 Å². The molecule has 0 fully saturated rings. The Kier molecular flexibility index (Phi) is 13.2. The zero-order valence-corrected chi connectivity index (χ0v) is 21.7. The predicted molar refractivity (Wildman–Crippen MR) is 124 cm³/mol. The van der Waals surface area contributed by atoms with E-state index in [0.717, 1.165) is 32.1 Å². The summed E-state index contributed by atoms with van der Waals surface area (Å²) < 4.78 is 27.4. The lowest BCUT2D eigenvalue weighted by Gasteiger charge is -2.42. The van der Waals surface area contributed by atoms with Crippen LogP contribution < -0.4 is 9.84 Å². The number of phosphoric ester groups is 1. The number of carbonyl (C=O) groups is 1. The third-order valence-corrected chi connectivity index (χ3v) is 6.26. The zero-order valence-electron chi connectivity index (χ0n) is 19.2. The van der Waals surface area contributed by atoms with Gasteiger partial charge in [-0.2, -0.15) is 0 Å². The predicted octanol–water partition coefficient (Wildman–Crippen LogP) is 4.08. The van der Waals surface area contributed by atoms with E-state index in [2.05, 4.69) is 0 Å². The summed E-state index contributed by atoms with van der Waals surface area (Å²) in [6.07, 6.45) is 1.23. The second-order valence-electron chi connectivity index (χ2n) is 8.59. The Morgan fingerprint density at radius 2 is 1.67 bits per heavy atom. The normalized spacial score (nSPS) is 15.6. The van der Waals surface area contributed by atoms with Crippen molar-refractivity contribution in [2.24, 2.45) is 0 Å². The van der Waals surface area contributed by atoms with E-state index in [4.69, 9.17) is 42.1 Å². The number of hydrogen-bond donors (Lipinski definition) is 2. The van der Waals surface area contributed by atoms with Crippen LogP contribution in [0.5, 0.6) is 5.75 Å². The van der Waals surface area contributed by atoms with Crippen LogP contribution in [0.1, 0.15) is 44.9 Å². The number of quaternary nitrogens is 1. The van der Waals surface area contributed by atoms with Crippen molar-refractivity contribution in [1.29, 1.82) is 0 Å². The summed E-state index contributed by atoms with van der Waals surface area (Å²) in [4.78, 5) is 20.9. The van der Waals surface area contributed by atoms with Gasteiger partial charge in [-0.3, -0.25) is 13.8 Å². The van der Waals surface area contributed by atoms with Crippen LogP contribution in [0, 0.1) is 0 Å². The molecule has 0 spiro atoms. The lowest BCUT2D eigenvalue weighted by Crippen LogP contribution is -2.60. The molecule has 0 bridgehead atoms. The van der Waals surface area contributed by atoms with Crippen LogP contribution in [0.25, 0.3) is 0 Å². The lowest BCUT2D eigenvalue weighted by molar-refractivity contribution is -0.973. The number of ether oxygens (including phenoxy) is 1. The molecule has 190 valence electrons. The number of unbranched alkanes of at least 4 members (excludes halogenated alkanes) is 5. The van der Waals surface area contributed by atoms with Crippen LogP contribution in [0.3, 0.4) is 0 Å². The average Bonchev–Trinajstić information content (AvgIpc) is 2.69. The van der Waals surface area contributed by atoms with Crippen LogP contribution in [-0.4, -0.2) is 67.1 Å². The van der Waals surface area contributed by atoms with Crippen molar-refractivity contribution in [3.8, 4) is 5.75 Å². The highest BCUT2D eigenvalue weighted by Crippen LogP contribution is 2.45. The van der Waals surface area contributed by atoms with Crippen molar-refractivity contribution in [3.05, 3.63) is 28.2 Å². The Hall–Kier alpha value is -0.900. The van der Waals surface area contributed by atoms with Crippen molar-refractivity contribution in [2.45, 2.75) is 57.3 Å². The number of halogens is 2. The number of carboxylic acid groups (broad SMARTS) is 1. The Morgan fingerprint density at radius 1 is 1.09 bits per heavy atom. The SMILES string of the molecule is C[N+](C)(C)C([O-])[C@@H](CC(=O)O)OP(=O)(O)OCCCCCCCCOc1cc(Cl)ccc1Cl. The fraction of sp³-hybridized carbons (Fsp3) is 0.667. The van der Waals surface area contributed by atoms with E-state index < -0.39 is 32.5 Å². The molecule has 0 heterocycles. The second kappa shape index (κ2) is 14.5. The van der Waals surface area contributed by atoms with Crippen LogP contribution in [-0.2, 0) is 18.4 Å². The fourth-order valence-electron chi connectivity index (χ4n) is 2.92. The monoisotopic (exact) mass is 529 g/mol. The minimum atomic E-state index is -4.55. The number of aliphatic carboxylic acids is 1.